The molecule has 0 spiro atoms. The lowest BCUT2D eigenvalue weighted by molar-refractivity contribution is -0.111. The number of hydrogen-bond donors (Lipinski definition) is 0. The van der Waals surface area contributed by atoms with Crippen molar-refractivity contribution in [2.24, 2.45) is 11.8 Å². The predicted molar refractivity (Wildman–Crippen MR) is 111 cm³/mol. The fraction of sp³-hybridized carbons (Fsp3) is 0.417. The number of hydrogen-bond acceptors (Lipinski definition) is 3. The Morgan fingerprint density at radius 1 is 1.00 bits per heavy atom. The number of para-hydroxylation sites is 2. The van der Waals surface area contributed by atoms with Gasteiger partial charge in [0.2, 0.25) is 0 Å². The Balaban J connectivity index is 1.22. The number of piperidine rings is 1. The second-order valence-corrected chi connectivity index (χ2v) is 8.42. The summed E-state index contributed by atoms with van der Waals surface area (Å²) in [6, 6.07) is 18.9. The highest BCUT2D eigenvalue weighted by molar-refractivity contribution is 5.78. The Morgan fingerprint density at radius 2 is 1.75 bits per heavy atom. The predicted octanol–water partition coefficient (Wildman–Crippen LogP) is 4.25. The molecule has 1 saturated heterocycles. The first-order valence-corrected chi connectivity index (χ1v) is 10.5. The molecule has 3 aromatic rings. The number of fused-ring (bicyclic) bond motifs is 3. The van der Waals surface area contributed by atoms with E-state index in [2.05, 4.69) is 45.9 Å². The van der Waals surface area contributed by atoms with Crippen LogP contribution in [0, 0.1) is 11.8 Å². The van der Waals surface area contributed by atoms with Crippen molar-refractivity contribution < 1.29 is 4.79 Å². The molecule has 0 aliphatic carbocycles. The van der Waals surface area contributed by atoms with E-state index < -0.39 is 0 Å². The summed E-state index contributed by atoms with van der Waals surface area (Å²) in [6.07, 6.45) is 5.69. The van der Waals surface area contributed by atoms with Gasteiger partial charge in [-0.15, -0.1) is 0 Å². The molecule has 0 saturated carbocycles. The van der Waals surface area contributed by atoms with Gasteiger partial charge in [-0.05, 0) is 61.9 Å². The highest BCUT2D eigenvalue weighted by Gasteiger charge is 2.36. The molecule has 2 aliphatic heterocycles. The fourth-order valence-corrected chi connectivity index (χ4v) is 5.18. The van der Waals surface area contributed by atoms with Gasteiger partial charge in [-0.2, -0.15) is 0 Å². The van der Waals surface area contributed by atoms with Gasteiger partial charge in [0, 0.05) is 13.0 Å². The Hall–Kier alpha value is -2.46. The number of benzene rings is 2. The van der Waals surface area contributed by atoms with Gasteiger partial charge in [0.25, 0.3) is 0 Å². The van der Waals surface area contributed by atoms with Crippen LogP contribution in [0.3, 0.4) is 0 Å². The molecule has 2 aromatic carbocycles. The van der Waals surface area contributed by atoms with E-state index in [-0.39, 0.29) is 6.04 Å². The number of imidazole rings is 1. The van der Waals surface area contributed by atoms with E-state index in [1.807, 2.05) is 18.2 Å². The fourth-order valence-electron chi connectivity index (χ4n) is 5.18. The molecule has 1 fully saturated rings. The summed E-state index contributed by atoms with van der Waals surface area (Å²) in [5, 5.41) is 0. The zero-order valence-electron chi connectivity index (χ0n) is 16.2. The molecule has 2 unspecified atom stereocenters. The molecule has 3 heterocycles. The van der Waals surface area contributed by atoms with Crippen LogP contribution < -0.4 is 0 Å². The first-order chi connectivity index (χ1) is 13.8. The molecule has 4 nitrogen and oxygen atoms in total. The maximum atomic E-state index is 12.0. The average molecular weight is 374 g/mol. The van der Waals surface area contributed by atoms with E-state index in [9.17, 15) is 4.79 Å². The van der Waals surface area contributed by atoms with E-state index in [0.717, 1.165) is 61.5 Å². The topological polar surface area (TPSA) is 38.1 Å². The van der Waals surface area contributed by atoms with Crippen LogP contribution in [0.4, 0.5) is 0 Å². The van der Waals surface area contributed by atoms with Crippen LogP contribution in [-0.2, 0) is 17.8 Å². The van der Waals surface area contributed by atoms with Gasteiger partial charge in [-0.1, -0.05) is 42.5 Å². The molecule has 28 heavy (non-hydrogen) atoms. The Kier molecular flexibility index (Phi) is 4.73. The number of likely N-dealkylation sites (tertiary alicyclic amines) is 1. The number of carbonyl (C=O) groups excluding carboxylic acids is 1. The molecule has 0 amide bonds. The summed E-state index contributed by atoms with van der Waals surface area (Å²) in [5.41, 5.74) is 3.52. The Morgan fingerprint density at radius 3 is 2.54 bits per heavy atom. The first kappa shape index (κ1) is 17.6. The lowest BCUT2D eigenvalue weighted by Gasteiger charge is -2.33. The van der Waals surface area contributed by atoms with Crippen molar-refractivity contribution in [1.82, 2.24) is 14.5 Å². The summed E-state index contributed by atoms with van der Waals surface area (Å²) < 4.78 is 2.19. The van der Waals surface area contributed by atoms with Crippen molar-refractivity contribution in [3.05, 3.63) is 66.0 Å². The van der Waals surface area contributed by atoms with Crippen LogP contribution in [0.1, 0.15) is 36.7 Å². The molecule has 0 radical (unpaired) electrons. The SMILES string of the molecule is O=CC1C(CC2CCN(Cc3ccccc3)CC2)Cc2nc3ccccc3n21. The third kappa shape index (κ3) is 3.26. The second-order valence-electron chi connectivity index (χ2n) is 8.42. The summed E-state index contributed by atoms with van der Waals surface area (Å²) in [7, 11) is 0. The van der Waals surface area contributed by atoms with Crippen molar-refractivity contribution in [2.75, 3.05) is 13.1 Å². The quantitative estimate of drug-likeness (QED) is 0.628. The van der Waals surface area contributed by atoms with Gasteiger partial charge in [0.1, 0.15) is 12.1 Å². The standard InChI is InChI=1S/C24H27N3O/c28-17-23-20(15-24-25-21-8-4-5-9-22(21)27(23)24)14-18-10-12-26(13-11-18)16-19-6-2-1-3-7-19/h1-9,17-18,20,23H,10-16H2. The molecular weight excluding hydrogens is 346 g/mol. The van der Waals surface area contributed by atoms with Crippen molar-refractivity contribution in [2.45, 2.75) is 38.3 Å². The zero-order valence-corrected chi connectivity index (χ0v) is 16.2. The first-order valence-electron chi connectivity index (χ1n) is 10.5. The molecule has 2 aliphatic rings. The third-order valence-corrected chi connectivity index (χ3v) is 6.63. The van der Waals surface area contributed by atoms with Crippen LogP contribution in [-0.4, -0.2) is 33.8 Å². The number of aromatic nitrogens is 2. The lowest BCUT2D eigenvalue weighted by Crippen LogP contribution is -2.34. The monoisotopic (exact) mass is 373 g/mol. The largest absolute Gasteiger partial charge is 0.317 e. The molecule has 0 bridgehead atoms. The van der Waals surface area contributed by atoms with Crippen molar-refractivity contribution >= 4 is 17.3 Å². The summed E-state index contributed by atoms with van der Waals surface area (Å²) in [5.74, 6) is 2.20. The van der Waals surface area contributed by atoms with E-state index >= 15 is 0 Å². The smallest absolute Gasteiger partial charge is 0.143 e. The van der Waals surface area contributed by atoms with Crippen LogP contribution in [0.15, 0.2) is 54.6 Å². The maximum absolute atomic E-state index is 12.0. The number of aldehydes is 1. The Labute approximate surface area is 166 Å². The van der Waals surface area contributed by atoms with Crippen LogP contribution >= 0.6 is 0 Å². The van der Waals surface area contributed by atoms with E-state index in [1.54, 1.807) is 0 Å². The normalized spacial score (nSPS) is 23.1. The summed E-state index contributed by atoms with van der Waals surface area (Å²) >= 11 is 0. The molecule has 4 heteroatoms. The van der Waals surface area contributed by atoms with Crippen molar-refractivity contribution in [3.63, 3.8) is 0 Å². The minimum absolute atomic E-state index is 0.0512. The molecule has 5 rings (SSSR count). The van der Waals surface area contributed by atoms with E-state index in [4.69, 9.17) is 4.98 Å². The minimum Gasteiger partial charge on any atom is -0.317 e. The van der Waals surface area contributed by atoms with Gasteiger partial charge in [0.15, 0.2) is 0 Å². The van der Waals surface area contributed by atoms with Gasteiger partial charge >= 0.3 is 0 Å². The molecular formula is C24H27N3O. The van der Waals surface area contributed by atoms with Gasteiger partial charge < -0.3 is 9.36 Å². The maximum Gasteiger partial charge on any atom is 0.143 e. The van der Waals surface area contributed by atoms with Crippen LogP contribution in [0.25, 0.3) is 11.0 Å². The minimum atomic E-state index is -0.0512. The van der Waals surface area contributed by atoms with Gasteiger partial charge in [0.05, 0.1) is 17.1 Å². The van der Waals surface area contributed by atoms with E-state index in [0.29, 0.717) is 5.92 Å². The van der Waals surface area contributed by atoms with Crippen molar-refractivity contribution in [1.29, 1.82) is 0 Å². The number of carbonyl (C=O) groups is 1. The van der Waals surface area contributed by atoms with Gasteiger partial charge in [-0.25, -0.2) is 4.98 Å². The Bertz CT molecular complexity index is 956. The highest BCUT2D eigenvalue weighted by atomic mass is 16.1. The lowest BCUT2D eigenvalue weighted by atomic mass is 9.83. The van der Waals surface area contributed by atoms with Gasteiger partial charge in [-0.3, -0.25) is 4.90 Å². The van der Waals surface area contributed by atoms with Crippen LogP contribution in [0.2, 0.25) is 0 Å². The molecule has 144 valence electrons. The van der Waals surface area contributed by atoms with Crippen LogP contribution in [0.5, 0.6) is 0 Å². The van der Waals surface area contributed by atoms with Crippen molar-refractivity contribution in [3.8, 4) is 0 Å². The second kappa shape index (κ2) is 7.51. The zero-order chi connectivity index (χ0) is 18.9. The number of rotatable bonds is 5. The molecule has 2 atom stereocenters. The average Bonchev–Trinajstić information content (AvgIpc) is 3.25. The van der Waals surface area contributed by atoms with E-state index in [1.165, 1.54) is 18.4 Å². The summed E-state index contributed by atoms with van der Waals surface area (Å²) in [6.45, 7) is 3.37. The number of nitrogens with zero attached hydrogens (tertiary/aromatic N) is 3. The third-order valence-electron chi connectivity index (χ3n) is 6.63. The summed E-state index contributed by atoms with van der Waals surface area (Å²) in [4.78, 5) is 19.3. The highest BCUT2D eigenvalue weighted by Crippen LogP contribution is 2.39. The molecule has 1 aromatic heterocycles. The molecule has 0 N–H and O–H groups in total.